The molecule has 0 amide bonds. The van der Waals surface area contributed by atoms with E-state index in [2.05, 4.69) is 20.1 Å². The highest BCUT2D eigenvalue weighted by Crippen LogP contribution is 2.37. The van der Waals surface area contributed by atoms with Crippen LogP contribution in [0.3, 0.4) is 0 Å². The lowest BCUT2D eigenvalue weighted by molar-refractivity contribution is -0.130. The van der Waals surface area contributed by atoms with Crippen LogP contribution >= 0.6 is 0 Å². The van der Waals surface area contributed by atoms with Gasteiger partial charge in [0.25, 0.3) is 0 Å². The fourth-order valence-corrected chi connectivity index (χ4v) is 2.77. The van der Waals surface area contributed by atoms with Crippen molar-refractivity contribution in [1.29, 1.82) is 0 Å². The van der Waals surface area contributed by atoms with E-state index in [-0.39, 0.29) is 11.5 Å². The summed E-state index contributed by atoms with van der Waals surface area (Å²) in [5.74, 6) is -2.43. The molecule has 0 aliphatic rings. The standard InChI is InChI=1S/C22H23FO4/c1-4-7-8-9-10-15-11-12-16-17(13-15)19(26-20(24)5-2)14-18(23)22(16)27-21(25)6-3/h5-6,11-14H,2-4,7-10H2,1H3. The second kappa shape index (κ2) is 9.67. The van der Waals surface area contributed by atoms with Gasteiger partial charge in [0, 0.05) is 29.0 Å². The molecule has 0 atom stereocenters. The lowest BCUT2D eigenvalue weighted by Gasteiger charge is -2.13. The molecule has 0 aliphatic heterocycles. The molecule has 2 rings (SSSR count). The van der Waals surface area contributed by atoms with E-state index in [0.29, 0.717) is 10.8 Å². The molecule has 0 heterocycles. The number of benzene rings is 2. The Hall–Kier alpha value is -2.95. The van der Waals surface area contributed by atoms with Crippen molar-refractivity contribution in [2.45, 2.75) is 39.0 Å². The van der Waals surface area contributed by atoms with Crippen LogP contribution in [0, 0.1) is 5.82 Å². The minimum absolute atomic E-state index is 0.0567. The zero-order valence-corrected chi connectivity index (χ0v) is 15.4. The summed E-state index contributed by atoms with van der Waals surface area (Å²) in [7, 11) is 0. The molecule has 0 unspecified atom stereocenters. The van der Waals surface area contributed by atoms with Gasteiger partial charge in [-0.1, -0.05) is 51.5 Å². The highest BCUT2D eigenvalue weighted by Gasteiger charge is 2.18. The van der Waals surface area contributed by atoms with Gasteiger partial charge in [0.1, 0.15) is 5.75 Å². The molecule has 0 radical (unpaired) electrons. The Labute approximate surface area is 158 Å². The molecule has 2 aromatic carbocycles. The summed E-state index contributed by atoms with van der Waals surface area (Å²) in [6.45, 7) is 8.82. The first-order valence-electron chi connectivity index (χ1n) is 8.93. The van der Waals surface area contributed by atoms with Crippen LogP contribution in [0.25, 0.3) is 10.8 Å². The third kappa shape index (κ3) is 5.26. The van der Waals surface area contributed by atoms with E-state index >= 15 is 0 Å². The van der Waals surface area contributed by atoms with Gasteiger partial charge in [-0.15, -0.1) is 0 Å². The Balaban J connectivity index is 2.49. The number of carbonyl (C=O) groups is 2. The Bertz CT molecular complexity index is 870. The number of unbranched alkanes of at least 4 members (excludes halogenated alkanes) is 3. The van der Waals surface area contributed by atoms with E-state index in [9.17, 15) is 14.0 Å². The lowest BCUT2D eigenvalue weighted by Crippen LogP contribution is -2.08. The number of fused-ring (bicyclic) bond motifs is 1. The number of ether oxygens (including phenoxy) is 2. The minimum atomic E-state index is -0.805. The van der Waals surface area contributed by atoms with E-state index < -0.39 is 17.8 Å². The van der Waals surface area contributed by atoms with E-state index in [1.165, 1.54) is 6.42 Å². The molecule has 2 aromatic rings. The molecule has 27 heavy (non-hydrogen) atoms. The summed E-state index contributed by atoms with van der Waals surface area (Å²) >= 11 is 0. The number of rotatable bonds is 9. The molecule has 0 aromatic heterocycles. The average molecular weight is 370 g/mol. The molecular formula is C22H23FO4. The van der Waals surface area contributed by atoms with Crippen molar-refractivity contribution in [2.75, 3.05) is 0 Å². The highest BCUT2D eigenvalue weighted by molar-refractivity contribution is 5.98. The first kappa shape index (κ1) is 20.4. The summed E-state index contributed by atoms with van der Waals surface area (Å²) in [6.07, 6.45) is 7.28. The van der Waals surface area contributed by atoms with Crippen LogP contribution in [-0.2, 0) is 16.0 Å². The zero-order chi connectivity index (χ0) is 19.8. The highest BCUT2D eigenvalue weighted by atomic mass is 19.1. The molecule has 0 saturated heterocycles. The van der Waals surface area contributed by atoms with Crippen molar-refractivity contribution in [2.24, 2.45) is 0 Å². The van der Waals surface area contributed by atoms with E-state index in [0.717, 1.165) is 49.5 Å². The molecule has 0 aliphatic carbocycles. The van der Waals surface area contributed by atoms with Crippen LogP contribution in [-0.4, -0.2) is 11.9 Å². The number of aryl methyl sites for hydroxylation is 1. The fourth-order valence-electron chi connectivity index (χ4n) is 2.77. The Morgan fingerprint density at radius 2 is 1.70 bits per heavy atom. The van der Waals surface area contributed by atoms with Gasteiger partial charge in [-0.3, -0.25) is 0 Å². The van der Waals surface area contributed by atoms with Crippen LogP contribution in [0.15, 0.2) is 49.6 Å². The van der Waals surface area contributed by atoms with Gasteiger partial charge < -0.3 is 9.47 Å². The summed E-state index contributed by atoms with van der Waals surface area (Å²) < 4.78 is 24.7. The number of hydrogen-bond donors (Lipinski definition) is 0. The van der Waals surface area contributed by atoms with Crippen molar-refractivity contribution >= 4 is 22.7 Å². The molecule has 0 spiro atoms. The van der Waals surface area contributed by atoms with Crippen LogP contribution < -0.4 is 9.47 Å². The van der Waals surface area contributed by atoms with Gasteiger partial charge in [-0.05, 0) is 24.5 Å². The minimum Gasteiger partial charge on any atom is -0.423 e. The predicted octanol–water partition coefficient (Wildman–Crippen LogP) is 5.28. The van der Waals surface area contributed by atoms with Gasteiger partial charge >= 0.3 is 11.9 Å². The van der Waals surface area contributed by atoms with Crippen LogP contribution in [0.5, 0.6) is 11.5 Å². The van der Waals surface area contributed by atoms with E-state index in [4.69, 9.17) is 9.47 Å². The first-order valence-corrected chi connectivity index (χ1v) is 8.93. The summed E-state index contributed by atoms with van der Waals surface area (Å²) in [5, 5.41) is 0.834. The molecule has 142 valence electrons. The van der Waals surface area contributed by atoms with E-state index in [1.54, 1.807) is 6.07 Å². The second-order valence-electron chi connectivity index (χ2n) is 6.13. The molecule has 4 nitrogen and oxygen atoms in total. The number of hydrogen-bond acceptors (Lipinski definition) is 4. The second-order valence-corrected chi connectivity index (χ2v) is 6.13. The largest absolute Gasteiger partial charge is 0.423 e. The van der Waals surface area contributed by atoms with Gasteiger partial charge in [-0.25, -0.2) is 14.0 Å². The number of halogens is 1. The topological polar surface area (TPSA) is 52.6 Å². The van der Waals surface area contributed by atoms with Gasteiger partial charge in [0.15, 0.2) is 11.6 Å². The zero-order valence-electron chi connectivity index (χ0n) is 15.4. The third-order valence-electron chi connectivity index (χ3n) is 4.13. The molecule has 0 saturated carbocycles. The van der Waals surface area contributed by atoms with Crippen molar-refractivity contribution in [3.8, 4) is 11.5 Å². The van der Waals surface area contributed by atoms with Crippen LogP contribution in [0.2, 0.25) is 0 Å². The molecule has 0 N–H and O–H groups in total. The maximum absolute atomic E-state index is 14.5. The summed E-state index contributed by atoms with van der Waals surface area (Å²) in [6, 6.07) is 6.40. The molecule has 0 fully saturated rings. The maximum Gasteiger partial charge on any atom is 0.335 e. The van der Waals surface area contributed by atoms with E-state index in [1.807, 2.05) is 12.1 Å². The van der Waals surface area contributed by atoms with Gasteiger partial charge in [0.2, 0.25) is 0 Å². The van der Waals surface area contributed by atoms with Crippen LogP contribution in [0.1, 0.15) is 38.2 Å². The normalized spacial score (nSPS) is 10.4. The average Bonchev–Trinajstić information content (AvgIpc) is 2.67. The monoisotopic (exact) mass is 370 g/mol. The quantitative estimate of drug-likeness (QED) is 0.261. The third-order valence-corrected chi connectivity index (χ3v) is 4.13. The van der Waals surface area contributed by atoms with Crippen LogP contribution in [0.4, 0.5) is 4.39 Å². The predicted molar refractivity (Wildman–Crippen MR) is 103 cm³/mol. The number of carbonyl (C=O) groups excluding carboxylic acids is 2. The molecule has 0 bridgehead atoms. The van der Waals surface area contributed by atoms with Crippen molar-refractivity contribution in [1.82, 2.24) is 0 Å². The Morgan fingerprint density at radius 3 is 2.37 bits per heavy atom. The summed E-state index contributed by atoms with van der Waals surface area (Å²) in [4.78, 5) is 23.2. The van der Waals surface area contributed by atoms with Gasteiger partial charge in [-0.2, -0.15) is 0 Å². The molecular weight excluding hydrogens is 347 g/mol. The lowest BCUT2D eigenvalue weighted by atomic mass is 10.0. The Kier molecular flexibility index (Phi) is 7.29. The SMILES string of the molecule is C=CC(=O)Oc1cc(F)c(OC(=O)C=C)c2ccc(CCCCCC)cc12. The van der Waals surface area contributed by atoms with Crippen molar-refractivity contribution in [3.63, 3.8) is 0 Å². The molecule has 5 heteroatoms. The van der Waals surface area contributed by atoms with Crippen molar-refractivity contribution < 1.29 is 23.5 Å². The Morgan fingerprint density at radius 1 is 1.00 bits per heavy atom. The number of esters is 2. The van der Waals surface area contributed by atoms with Gasteiger partial charge in [0.05, 0.1) is 0 Å². The van der Waals surface area contributed by atoms with Crippen molar-refractivity contribution in [3.05, 3.63) is 61.0 Å². The fraction of sp³-hybridized carbons (Fsp3) is 0.273. The summed E-state index contributed by atoms with van der Waals surface area (Å²) in [5.41, 5.74) is 1.03. The first-order chi connectivity index (χ1) is 13.0. The maximum atomic E-state index is 14.5. The smallest absolute Gasteiger partial charge is 0.335 e.